The summed E-state index contributed by atoms with van der Waals surface area (Å²) >= 11 is 0. The monoisotopic (exact) mass is 289 g/mol. The van der Waals surface area contributed by atoms with E-state index < -0.39 is 11.4 Å². The highest BCUT2D eigenvalue weighted by atomic mass is 16.2. The highest BCUT2D eigenvalue weighted by Crippen LogP contribution is 2.29. The molecule has 0 saturated carbocycles. The molecule has 1 aliphatic rings. The van der Waals surface area contributed by atoms with Gasteiger partial charge in [-0.15, -0.1) is 0 Å². The van der Waals surface area contributed by atoms with Crippen molar-refractivity contribution in [3.8, 4) is 0 Å². The molecule has 1 heterocycles. The van der Waals surface area contributed by atoms with Crippen molar-refractivity contribution in [1.29, 1.82) is 0 Å². The average molecular weight is 289 g/mol. The first-order valence-corrected chi connectivity index (χ1v) is 6.94. The van der Waals surface area contributed by atoms with E-state index >= 15 is 0 Å². The number of hydrogen-bond donors (Lipinski definition) is 2. The third kappa shape index (κ3) is 2.61. The Bertz CT molecular complexity index is 582. The van der Waals surface area contributed by atoms with Crippen molar-refractivity contribution in [1.82, 2.24) is 10.2 Å². The minimum absolute atomic E-state index is 0.271. The molecule has 0 spiro atoms. The maximum atomic E-state index is 12.5. The summed E-state index contributed by atoms with van der Waals surface area (Å²) in [6, 6.07) is 6.01. The van der Waals surface area contributed by atoms with Crippen molar-refractivity contribution in [2.75, 3.05) is 6.54 Å². The molecule has 1 aliphatic heterocycles. The lowest BCUT2D eigenvalue weighted by atomic mass is 9.91. The Labute approximate surface area is 123 Å². The summed E-state index contributed by atoms with van der Waals surface area (Å²) in [6.07, 6.45) is 1.68. The molecule has 112 valence electrons. The second-order valence-corrected chi connectivity index (χ2v) is 5.31. The summed E-state index contributed by atoms with van der Waals surface area (Å²) in [5, 5.41) is 2.73. The van der Waals surface area contributed by atoms with Crippen molar-refractivity contribution in [3.05, 3.63) is 35.4 Å². The third-order valence-electron chi connectivity index (χ3n) is 3.76. The average Bonchev–Trinajstić information content (AvgIpc) is 2.68. The number of benzene rings is 1. The van der Waals surface area contributed by atoms with Gasteiger partial charge < -0.3 is 11.1 Å². The lowest BCUT2D eigenvalue weighted by Gasteiger charge is -2.22. The first-order chi connectivity index (χ1) is 9.90. The molecule has 1 saturated heterocycles. The van der Waals surface area contributed by atoms with Gasteiger partial charge in [-0.25, -0.2) is 4.79 Å². The molecule has 1 aromatic rings. The van der Waals surface area contributed by atoms with E-state index in [0.717, 1.165) is 12.8 Å². The molecule has 0 aliphatic carbocycles. The molecule has 6 heteroatoms. The number of nitrogens with two attached hydrogens (primary N) is 1. The Kier molecular flexibility index (Phi) is 3.97. The molecule has 0 bridgehead atoms. The van der Waals surface area contributed by atoms with Gasteiger partial charge in [0.1, 0.15) is 5.54 Å². The lowest BCUT2D eigenvalue weighted by Crippen LogP contribution is -2.41. The number of nitrogens with zero attached hydrogens (tertiary/aromatic N) is 1. The molecule has 1 atom stereocenters. The van der Waals surface area contributed by atoms with Crippen molar-refractivity contribution in [3.63, 3.8) is 0 Å². The number of unbranched alkanes of at least 4 members (excludes halogenated alkanes) is 1. The fourth-order valence-corrected chi connectivity index (χ4v) is 2.38. The van der Waals surface area contributed by atoms with Crippen LogP contribution in [0.25, 0.3) is 0 Å². The predicted molar refractivity (Wildman–Crippen MR) is 77.5 cm³/mol. The first-order valence-electron chi connectivity index (χ1n) is 6.94. The van der Waals surface area contributed by atoms with E-state index in [2.05, 4.69) is 5.32 Å². The molecule has 0 radical (unpaired) electrons. The number of carbonyl (C=O) groups is 3. The molecule has 0 aromatic heterocycles. The molecule has 1 fully saturated rings. The van der Waals surface area contributed by atoms with Crippen LogP contribution in [0, 0.1) is 0 Å². The second kappa shape index (κ2) is 5.55. The molecule has 4 amide bonds. The van der Waals surface area contributed by atoms with E-state index in [1.807, 2.05) is 6.92 Å². The maximum absolute atomic E-state index is 12.5. The van der Waals surface area contributed by atoms with Gasteiger partial charge >= 0.3 is 6.03 Å². The summed E-state index contributed by atoms with van der Waals surface area (Å²) in [7, 11) is 0. The van der Waals surface area contributed by atoms with Crippen molar-refractivity contribution in [2.24, 2.45) is 5.73 Å². The molecule has 2 rings (SSSR count). The highest BCUT2D eigenvalue weighted by molar-refractivity contribution is 6.07. The van der Waals surface area contributed by atoms with Gasteiger partial charge in [0.15, 0.2) is 0 Å². The van der Waals surface area contributed by atoms with E-state index in [-0.39, 0.29) is 11.9 Å². The Morgan fingerprint density at radius 2 is 1.90 bits per heavy atom. The van der Waals surface area contributed by atoms with Crippen LogP contribution in [0.2, 0.25) is 0 Å². The van der Waals surface area contributed by atoms with Crippen LogP contribution in [-0.2, 0) is 10.3 Å². The Morgan fingerprint density at radius 3 is 2.43 bits per heavy atom. The van der Waals surface area contributed by atoms with Gasteiger partial charge in [0.2, 0.25) is 5.91 Å². The fourth-order valence-electron chi connectivity index (χ4n) is 2.38. The zero-order valence-electron chi connectivity index (χ0n) is 12.2. The van der Waals surface area contributed by atoms with Gasteiger partial charge in [-0.1, -0.05) is 25.5 Å². The SMILES string of the molecule is CCCCN1C(=O)NC(C)(c2ccc(C(N)=O)cc2)C1=O. The fraction of sp³-hybridized carbons (Fsp3) is 0.400. The van der Waals surface area contributed by atoms with E-state index in [4.69, 9.17) is 5.73 Å². The van der Waals surface area contributed by atoms with Crippen LogP contribution in [-0.4, -0.2) is 29.3 Å². The zero-order chi connectivity index (χ0) is 15.6. The molecular formula is C15H19N3O3. The van der Waals surface area contributed by atoms with Gasteiger partial charge in [0.25, 0.3) is 5.91 Å². The van der Waals surface area contributed by atoms with Gasteiger partial charge in [-0.2, -0.15) is 0 Å². The second-order valence-electron chi connectivity index (χ2n) is 5.31. The lowest BCUT2D eigenvalue weighted by molar-refractivity contribution is -0.131. The van der Waals surface area contributed by atoms with Crippen LogP contribution in [0.1, 0.15) is 42.6 Å². The van der Waals surface area contributed by atoms with E-state index in [1.165, 1.54) is 4.90 Å². The van der Waals surface area contributed by atoms with Gasteiger partial charge in [-0.05, 0) is 31.0 Å². The van der Waals surface area contributed by atoms with Crippen molar-refractivity contribution >= 4 is 17.8 Å². The molecular weight excluding hydrogens is 270 g/mol. The van der Waals surface area contributed by atoms with E-state index in [9.17, 15) is 14.4 Å². The molecule has 21 heavy (non-hydrogen) atoms. The Morgan fingerprint density at radius 1 is 1.29 bits per heavy atom. The summed E-state index contributed by atoms with van der Waals surface area (Å²) in [6.45, 7) is 4.08. The number of carbonyl (C=O) groups excluding carboxylic acids is 3. The van der Waals surface area contributed by atoms with Crippen LogP contribution >= 0.6 is 0 Å². The van der Waals surface area contributed by atoms with Gasteiger partial charge in [-0.3, -0.25) is 14.5 Å². The zero-order valence-corrected chi connectivity index (χ0v) is 12.2. The summed E-state index contributed by atoms with van der Waals surface area (Å²) < 4.78 is 0. The van der Waals surface area contributed by atoms with Crippen LogP contribution in [0.3, 0.4) is 0 Å². The topological polar surface area (TPSA) is 92.5 Å². The minimum atomic E-state index is -1.10. The molecule has 6 nitrogen and oxygen atoms in total. The largest absolute Gasteiger partial charge is 0.366 e. The normalized spacial score (nSPS) is 21.5. The minimum Gasteiger partial charge on any atom is -0.366 e. The van der Waals surface area contributed by atoms with E-state index in [0.29, 0.717) is 17.7 Å². The van der Waals surface area contributed by atoms with E-state index in [1.54, 1.807) is 31.2 Å². The number of urea groups is 1. The number of nitrogens with one attached hydrogen (secondary N) is 1. The molecule has 3 N–H and O–H groups in total. The van der Waals surface area contributed by atoms with Crippen LogP contribution < -0.4 is 11.1 Å². The quantitative estimate of drug-likeness (QED) is 0.801. The smallest absolute Gasteiger partial charge is 0.325 e. The van der Waals surface area contributed by atoms with Gasteiger partial charge in [0, 0.05) is 12.1 Å². The van der Waals surface area contributed by atoms with Crippen molar-refractivity contribution < 1.29 is 14.4 Å². The molecule has 1 aromatic carbocycles. The highest BCUT2D eigenvalue weighted by Gasteiger charge is 2.48. The summed E-state index contributed by atoms with van der Waals surface area (Å²) in [5.41, 5.74) is 5.09. The number of imide groups is 1. The summed E-state index contributed by atoms with van der Waals surface area (Å²) in [4.78, 5) is 36.8. The number of rotatable bonds is 5. The standard InChI is InChI=1S/C15H19N3O3/c1-3-4-9-18-13(20)15(2,17-14(18)21)11-7-5-10(6-8-11)12(16)19/h5-8H,3-4,9H2,1-2H3,(H2,16,19)(H,17,21). The maximum Gasteiger partial charge on any atom is 0.325 e. The van der Waals surface area contributed by atoms with Crippen LogP contribution in [0.4, 0.5) is 4.79 Å². The molecule has 1 unspecified atom stereocenters. The van der Waals surface area contributed by atoms with Crippen molar-refractivity contribution in [2.45, 2.75) is 32.2 Å². The number of amides is 4. The Hall–Kier alpha value is -2.37. The van der Waals surface area contributed by atoms with Crippen LogP contribution in [0.15, 0.2) is 24.3 Å². The van der Waals surface area contributed by atoms with Crippen LogP contribution in [0.5, 0.6) is 0 Å². The third-order valence-corrected chi connectivity index (χ3v) is 3.76. The number of hydrogen-bond acceptors (Lipinski definition) is 3. The predicted octanol–water partition coefficient (Wildman–Crippen LogP) is 1.35. The van der Waals surface area contributed by atoms with Gasteiger partial charge in [0.05, 0.1) is 0 Å². The summed E-state index contributed by atoms with van der Waals surface area (Å²) in [5.74, 6) is -0.800. The number of primary amides is 1. The Balaban J connectivity index is 2.28. The first kappa shape index (κ1) is 15.0.